The molecule has 2 rings (SSSR count). The summed E-state index contributed by atoms with van der Waals surface area (Å²) in [5, 5.41) is 8.93. The second-order valence-corrected chi connectivity index (χ2v) is 5.17. The molecule has 0 spiro atoms. The molecule has 2 saturated heterocycles. The summed E-state index contributed by atoms with van der Waals surface area (Å²) in [4.78, 5) is 15.5. The van der Waals surface area contributed by atoms with E-state index in [1.165, 1.54) is 0 Å². The minimum absolute atomic E-state index is 0.138. The molecule has 0 amide bonds. The predicted molar refractivity (Wildman–Crippen MR) is 64.0 cm³/mol. The molecule has 2 aliphatic heterocycles. The smallest absolute Gasteiger partial charge is 0.306 e. The second kappa shape index (κ2) is 5.80. The van der Waals surface area contributed by atoms with Crippen LogP contribution in [0, 0.1) is 5.92 Å². The number of aliphatic carboxylic acids is 1. The molecule has 0 radical (unpaired) electrons. The predicted octanol–water partition coefficient (Wildman–Crippen LogP) is 0.114. The average Bonchev–Trinajstić information content (AvgIpc) is 2.29. The quantitative estimate of drug-likeness (QED) is 0.761. The van der Waals surface area contributed by atoms with Gasteiger partial charge in [-0.2, -0.15) is 0 Å². The number of nitrogens with zero attached hydrogens (tertiary/aromatic N) is 2. The van der Waals surface area contributed by atoms with Gasteiger partial charge in [-0.1, -0.05) is 0 Å². The largest absolute Gasteiger partial charge is 0.481 e. The van der Waals surface area contributed by atoms with Crippen molar-refractivity contribution in [2.24, 2.45) is 5.92 Å². The molecule has 0 aliphatic carbocycles. The van der Waals surface area contributed by atoms with Crippen LogP contribution in [0.2, 0.25) is 0 Å². The van der Waals surface area contributed by atoms with Gasteiger partial charge in [-0.3, -0.25) is 4.79 Å². The van der Waals surface area contributed by atoms with Crippen LogP contribution in [0.1, 0.15) is 12.8 Å². The fraction of sp³-hybridized carbons (Fsp3) is 0.917. The zero-order chi connectivity index (χ0) is 12.3. The SMILES string of the molecule is CN1CCOC(CN2CCC(C(=O)O)CC2)C1. The molecule has 2 aliphatic rings. The monoisotopic (exact) mass is 242 g/mol. The van der Waals surface area contributed by atoms with E-state index in [-0.39, 0.29) is 12.0 Å². The summed E-state index contributed by atoms with van der Waals surface area (Å²) in [7, 11) is 2.12. The average molecular weight is 242 g/mol. The number of carboxylic acids is 1. The van der Waals surface area contributed by atoms with E-state index < -0.39 is 5.97 Å². The number of carboxylic acid groups (broad SMARTS) is 1. The maximum Gasteiger partial charge on any atom is 0.306 e. The van der Waals surface area contributed by atoms with Crippen LogP contribution < -0.4 is 0 Å². The molecule has 1 unspecified atom stereocenters. The van der Waals surface area contributed by atoms with E-state index in [0.29, 0.717) is 0 Å². The van der Waals surface area contributed by atoms with Gasteiger partial charge in [0.1, 0.15) is 0 Å². The standard InChI is InChI=1S/C12H22N2O3/c1-13-6-7-17-11(8-13)9-14-4-2-10(3-5-14)12(15)16/h10-11H,2-9H2,1H3,(H,15,16). The molecule has 17 heavy (non-hydrogen) atoms. The zero-order valence-corrected chi connectivity index (χ0v) is 10.5. The molecule has 5 nitrogen and oxygen atoms in total. The fourth-order valence-corrected chi connectivity index (χ4v) is 2.63. The number of hydrogen-bond donors (Lipinski definition) is 1. The lowest BCUT2D eigenvalue weighted by molar-refractivity contribution is -0.143. The van der Waals surface area contributed by atoms with Gasteiger partial charge in [0.15, 0.2) is 0 Å². The molecule has 0 aromatic carbocycles. The summed E-state index contributed by atoms with van der Waals surface area (Å²) >= 11 is 0. The Labute approximate surface area is 102 Å². The van der Waals surface area contributed by atoms with Gasteiger partial charge < -0.3 is 19.6 Å². The van der Waals surface area contributed by atoms with Crippen molar-refractivity contribution in [3.05, 3.63) is 0 Å². The van der Waals surface area contributed by atoms with E-state index in [9.17, 15) is 4.79 Å². The molecule has 0 aromatic heterocycles. The lowest BCUT2D eigenvalue weighted by Gasteiger charge is -2.36. The van der Waals surface area contributed by atoms with Crippen LogP contribution in [-0.2, 0) is 9.53 Å². The number of likely N-dealkylation sites (N-methyl/N-ethyl adjacent to an activating group) is 1. The van der Waals surface area contributed by atoms with E-state index in [1.54, 1.807) is 0 Å². The molecule has 2 heterocycles. The topological polar surface area (TPSA) is 53.0 Å². The number of likely N-dealkylation sites (tertiary alicyclic amines) is 1. The molecule has 1 atom stereocenters. The number of carbonyl (C=O) groups is 1. The fourth-order valence-electron chi connectivity index (χ4n) is 2.63. The molecule has 0 bridgehead atoms. The van der Waals surface area contributed by atoms with Gasteiger partial charge in [0.05, 0.1) is 18.6 Å². The van der Waals surface area contributed by atoms with Crippen LogP contribution in [0.4, 0.5) is 0 Å². The molecule has 5 heteroatoms. The number of morpholine rings is 1. The molecule has 2 fully saturated rings. The Kier molecular flexibility index (Phi) is 4.36. The Morgan fingerprint density at radius 1 is 1.35 bits per heavy atom. The first-order valence-corrected chi connectivity index (χ1v) is 6.40. The van der Waals surface area contributed by atoms with Crippen molar-refractivity contribution in [2.75, 3.05) is 46.4 Å². The minimum atomic E-state index is -0.640. The number of rotatable bonds is 3. The highest BCUT2D eigenvalue weighted by molar-refractivity contribution is 5.70. The first kappa shape index (κ1) is 12.8. The first-order chi connectivity index (χ1) is 8.15. The van der Waals surface area contributed by atoms with Crippen LogP contribution in [0.25, 0.3) is 0 Å². The Morgan fingerprint density at radius 3 is 2.65 bits per heavy atom. The van der Waals surface area contributed by atoms with Crippen LogP contribution in [0.15, 0.2) is 0 Å². The summed E-state index contributed by atoms with van der Waals surface area (Å²) in [6.07, 6.45) is 1.84. The second-order valence-electron chi connectivity index (χ2n) is 5.17. The van der Waals surface area contributed by atoms with Gasteiger partial charge in [0, 0.05) is 19.6 Å². The van der Waals surface area contributed by atoms with Crippen molar-refractivity contribution < 1.29 is 14.6 Å². The van der Waals surface area contributed by atoms with Crippen LogP contribution in [-0.4, -0.2) is 73.4 Å². The Hall–Kier alpha value is -0.650. The van der Waals surface area contributed by atoms with E-state index in [0.717, 1.165) is 52.2 Å². The Balaban J connectivity index is 1.72. The number of ether oxygens (including phenoxy) is 1. The third-order valence-electron chi connectivity index (χ3n) is 3.74. The Bertz CT molecular complexity index is 264. The van der Waals surface area contributed by atoms with Crippen molar-refractivity contribution in [3.8, 4) is 0 Å². The summed E-state index contributed by atoms with van der Waals surface area (Å²) < 4.78 is 5.73. The highest BCUT2D eigenvalue weighted by atomic mass is 16.5. The van der Waals surface area contributed by atoms with Crippen LogP contribution >= 0.6 is 0 Å². The van der Waals surface area contributed by atoms with Gasteiger partial charge in [0.25, 0.3) is 0 Å². The molecule has 1 N–H and O–H groups in total. The highest BCUT2D eigenvalue weighted by Crippen LogP contribution is 2.18. The van der Waals surface area contributed by atoms with Gasteiger partial charge >= 0.3 is 5.97 Å². The lowest BCUT2D eigenvalue weighted by atomic mass is 9.97. The van der Waals surface area contributed by atoms with E-state index >= 15 is 0 Å². The van der Waals surface area contributed by atoms with Crippen molar-refractivity contribution in [3.63, 3.8) is 0 Å². The van der Waals surface area contributed by atoms with Gasteiger partial charge in [-0.15, -0.1) is 0 Å². The Morgan fingerprint density at radius 2 is 2.06 bits per heavy atom. The third kappa shape index (κ3) is 3.66. The zero-order valence-electron chi connectivity index (χ0n) is 10.5. The van der Waals surface area contributed by atoms with E-state index in [4.69, 9.17) is 9.84 Å². The highest BCUT2D eigenvalue weighted by Gasteiger charge is 2.27. The van der Waals surface area contributed by atoms with Crippen molar-refractivity contribution >= 4 is 5.97 Å². The molecule has 0 saturated carbocycles. The molecule has 98 valence electrons. The van der Waals surface area contributed by atoms with Crippen LogP contribution in [0.3, 0.4) is 0 Å². The minimum Gasteiger partial charge on any atom is -0.481 e. The summed E-state index contributed by atoms with van der Waals surface area (Å²) in [5.74, 6) is -0.778. The number of piperidine rings is 1. The lowest BCUT2D eigenvalue weighted by Crippen LogP contribution is -2.48. The normalized spacial score (nSPS) is 29.4. The van der Waals surface area contributed by atoms with Crippen molar-refractivity contribution in [2.45, 2.75) is 18.9 Å². The van der Waals surface area contributed by atoms with Gasteiger partial charge in [-0.25, -0.2) is 0 Å². The summed E-state index contributed by atoms with van der Waals surface area (Å²) in [6.45, 7) is 5.53. The van der Waals surface area contributed by atoms with Crippen molar-refractivity contribution in [1.82, 2.24) is 9.80 Å². The summed E-state index contributed by atoms with van der Waals surface area (Å²) in [6, 6.07) is 0. The maximum absolute atomic E-state index is 10.8. The molecular weight excluding hydrogens is 220 g/mol. The third-order valence-corrected chi connectivity index (χ3v) is 3.74. The van der Waals surface area contributed by atoms with E-state index in [1.807, 2.05) is 0 Å². The molecular formula is C12H22N2O3. The maximum atomic E-state index is 10.8. The van der Waals surface area contributed by atoms with Gasteiger partial charge in [0.2, 0.25) is 0 Å². The van der Waals surface area contributed by atoms with Crippen LogP contribution in [0.5, 0.6) is 0 Å². The van der Waals surface area contributed by atoms with Gasteiger partial charge in [-0.05, 0) is 33.0 Å². The molecule has 0 aromatic rings. The number of hydrogen-bond acceptors (Lipinski definition) is 4. The first-order valence-electron chi connectivity index (χ1n) is 6.40. The van der Waals surface area contributed by atoms with E-state index in [2.05, 4.69) is 16.8 Å². The van der Waals surface area contributed by atoms with Crippen molar-refractivity contribution in [1.29, 1.82) is 0 Å². The summed E-state index contributed by atoms with van der Waals surface area (Å²) in [5.41, 5.74) is 0.